The maximum Gasteiger partial charge on any atom is 0.416 e. The van der Waals surface area contributed by atoms with E-state index >= 15 is 0 Å². The highest BCUT2D eigenvalue weighted by Gasteiger charge is 2.32. The van der Waals surface area contributed by atoms with Gasteiger partial charge in [-0.2, -0.15) is 23.3 Å². The molecule has 1 saturated heterocycles. The van der Waals surface area contributed by atoms with Gasteiger partial charge in [-0.15, -0.1) is 0 Å². The molecule has 1 aliphatic heterocycles. The number of nitrogens with one attached hydrogen (secondary N) is 1. The van der Waals surface area contributed by atoms with Crippen molar-refractivity contribution in [2.45, 2.75) is 51.3 Å². The van der Waals surface area contributed by atoms with Gasteiger partial charge in [-0.25, -0.2) is 9.31 Å². The first kappa shape index (κ1) is 26.7. The van der Waals surface area contributed by atoms with Crippen LogP contribution in [0.5, 0.6) is 0 Å². The van der Waals surface area contributed by atoms with Crippen LogP contribution >= 0.6 is 11.6 Å². The molecule has 0 atom stereocenters. The molecule has 0 aliphatic carbocycles. The van der Waals surface area contributed by atoms with E-state index in [4.69, 9.17) is 20.9 Å². The molecule has 4 heterocycles. The van der Waals surface area contributed by atoms with Crippen LogP contribution in [0.4, 0.5) is 18.0 Å². The Kier molecular flexibility index (Phi) is 6.65. The lowest BCUT2D eigenvalue weighted by molar-refractivity contribution is -0.137. The Hall–Kier alpha value is -3.87. The normalized spacial score (nSPS) is 15.2. The topological polar surface area (TPSA) is 119 Å². The van der Waals surface area contributed by atoms with Crippen molar-refractivity contribution in [1.29, 1.82) is 0 Å². The minimum absolute atomic E-state index is 0.0481. The zero-order valence-corrected chi connectivity index (χ0v) is 21.9. The van der Waals surface area contributed by atoms with Gasteiger partial charge in [0.05, 0.1) is 33.6 Å². The molecule has 10 nitrogen and oxygen atoms in total. The molecule has 1 aromatic carbocycles. The number of amides is 1. The number of rotatable bonds is 3. The van der Waals surface area contributed by atoms with Gasteiger partial charge in [0, 0.05) is 25.1 Å². The second-order valence-electron chi connectivity index (χ2n) is 10.2. The molecular weight excluding hydrogens is 541 g/mol. The van der Waals surface area contributed by atoms with Crippen molar-refractivity contribution in [3.05, 3.63) is 57.1 Å². The fourth-order valence-corrected chi connectivity index (χ4v) is 4.72. The van der Waals surface area contributed by atoms with Gasteiger partial charge in [-0.05, 0) is 51.8 Å². The molecule has 1 aliphatic rings. The van der Waals surface area contributed by atoms with Crippen molar-refractivity contribution in [2.75, 3.05) is 13.1 Å². The Balaban J connectivity index is 1.41. The molecule has 0 saturated carbocycles. The zero-order valence-electron chi connectivity index (χ0n) is 21.2. The van der Waals surface area contributed by atoms with E-state index in [0.29, 0.717) is 42.8 Å². The molecule has 1 amide bonds. The Morgan fingerprint density at radius 3 is 2.51 bits per heavy atom. The van der Waals surface area contributed by atoms with Crippen molar-refractivity contribution in [3.8, 4) is 22.8 Å². The van der Waals surface area contributed by atoms with Crippen LogP contribution in [0.15, 0.2) is 39.8 Å². The number of benzene rings is 1. The average molecular weight is 565 g/mol. The number of fused-ring (bicyclic) bond motifs is 1. The van der Waals surface area contributed by atoms with E-state index in [-0.39, 0.29) is 39.9 Å². The van der Waals surface area contributed by atoms with Gasteiger partial charge in [0.25, 0.3) is 11.4 Å². The molecule has 0 bridgehead atoms. The summed E-state index contributed by atoms with van der Waals surface area (Å²) in [5.41, 5.74) is -0.366. The van der Waals surface area contributed by atoms with Gasteiger partial charge >= 0.3 is 12.3 Å². The Morgan fingerprint density at radius 1 is 1.15 bits per heavy atom. The third-order valence-corrected chi connectivity index (χ3v) is 6.61. The second kappa shape index (κ2) is 9.70. The number of hydrogen-bond donors (Lipinski definition) is 1. The van der Waals surface area contributed by atoms with E-state index in [1.54, 1.807) is 9.42 Å². The molecule has 39 heavy (non-hydrogen) atoms. The average Bonchev–Trinajstić information content (AvgIpc) is 3.49. The summed E-state index contributed by atoms with van der Waals surface area (Å²) < 4.78 is 51.3. The molecule has 4 aromatic rings. The van der Waals surface area contributed by atoms with Gasteiger partial charge < -0.3 is 19.1 Å². The number of nitrogens with zero attached hydrogens (tertiary/aromatic N) is 5. The van der Waals surface area contributed by atoms with E-state index in [0.717, 1.165) is 18.2 Å². The predicted molar refractivity (Wildman–Crippen MR) is 134 cm³/mol. The summed E-state index contributed by atoms with van der Waals surface area (Å²) in [5, 5.41) is 8.15. The number of hydrogen-bond acceptors (Lipinski definition) is 7. The fraction of sp³-hybridized carbons (Fsp3) is 0.400. The lowest BCUT2D eigenvalue weighted by Crippen LogP contribution is -2.41. The number of aromatic amines is 1. The first-order valence-corrected chi connectivity index (χ1v) is 12.5. The lowest BCUT2D eigenvalue weighted by atomic mass is 9.93. The number of carbonyl (C=O) groups is 1. The first-order valence-electron chi connectivity index (χ1n) is 12.1. The number of aromatic nitrogens is 5. The summed E-state index contributed by atoms with van der Waals surface area (Å²) in [6.07, 6.45) is -2.25. The van der Waals surface area contributed by atoms with Crippen molar-refractivity contribution in [3.63, 3.8) is 0 Å². The van der Waals surface area contributed by atoms with Crippen LogP contribution in [-0.4, -0.2) is 54.4 Å². The van der Waals surface area contributed by atoms with Crippen molar-refractivity contribution < 1.29 is 27.2 Å². The maximum atomic E-state index is 13.0. The van der Waals surface area contributed by atoms with Gasteiger partial charge in [0.2, 0.25) is 5.82 Å². The number of H-pyrrole nitrogens is 1. The molecule has 1 fully saturated rings. The third-order valence-electron chi connectivity index (χ3n) is 6.29. The highest BCUT2D eigenvalue weighted by molar-refractivity contribution is 6.33. The summed E-state index contributed by atoms with van der Waals surface area (Å²) in [7, 11) is 0. The summed E-state index contributed by atoms with van der Waals surface area (Å²) in [6, 6.07) is 4.29. The van der Waals surface area contributed by atoms with Crippen LogP contribution < -0.4 is 5.56 Å². The number of alkyl halides is 3. The molecule has 0 spiro atoms. The Morgan fingerprint density at radius 2 is 1.87 bits per heavy atom. The number of likely N-dealkylation sites (tertiary alicyclic amines) is 1. The van der Waals surface area contributed by atoms with E-state index in [1.165, 1.54) is 12.3 Å². The molecule has 14 heteroatoms. The molecule has 3 aromatic heterocycles. The van der Waals surface area contributed by atoms with Gasteiger partial charge in [-0.1, -0.05) is 16.8 Å². The summed E-state index contributed by atoms with van der Waals surface area (Å²) in [5.74, 6) is -0.0624. The van der Waals surface area contributed by atoms with Crippen LogP contribution in [0.2, 0.25) is 5.02 Å². The fourth-order valence-electron chi connectivity index (χ4n) is 4.46. The molecule has 0 radical (unpaired) electrons. The smallest absolute Gasteiger partial charge is 0.416 e. The molecule has 0 unspecified atom stereocenters. The zero-order chi connectivity index (χ0) is 28.1. The molecular formula is C25H24ClF3N6O4. The second-order valence-corrected chi connectivity index (χ2v) is 10.6. The molecule has 1 N–H and O–H groups in total. The largest absolute Gasteiger partial charge is 0.444 e. The van der Waals surface area contributed by atoms with Crippen LogP contribution in [0.25, 0.3) is 28.5 Å². The quantitative estimate of drug-likeness (QED) is 0.348. The van der Waals surface area contributed by atoms with Crippen LogP contribution in [0.1, 0.15) is 50.8 Å². The van der Waals surface area contributed by atoms with Crippen molar-refractivity contribution in [2.24, 2.45) is 0 Å². The van der Waals surface area contributed by atoms with E-state index in [2.05, 4.69) is 20.2 Å². The standard InChI is InChI=1S/C25H24ClF3N6O4/c1-24(2,3)38-23(37)34-8-6-13(7-9-34)18-11-19(36)31-21-16(12-30-35(18)21)20-32-22(39-33-20)15-5-4-14(10-17(15)26)25(27,28)29/h4-5,10-13H,6-9H2,1-3H3,(H,31,36). The van der Waals surface area contributed by atoms with Crippen LogP contribution in [0.3, 0.4) is 0 Å². The Labute approximate surface area is 224 Å². The van der Waals surface area contributed by atoms with E-state index < -0.39 is 17.3 Å². The predicted octanol–water partition coefficient (Wildman–Crippen LogP) is 5.53. The number of piperidine rings is 1. The summed E-state index contributed by atoms with van der Waals surface area (Å²) in [6.45, 7) is 6.36. The summed E-state index contributed by atoms with van der Waals surface area (Å²) in [4.78, 5) is 33.7. The summed E-state index contributed by atoms with van der Waals surface area (Å²) >= 11 is 6.06. The van der Waals surface area contributed by atoms with Crippen LogP contribution in [0, 0.1) is 0 Å². The minimum Gasteiger partial charge on any atom is -0.444 e. The SMILES string of the molecule is CC(C)(C)OC(=O)N1CCC(c2cc(=O)[nH]c3c(-c4noc(-c5ccc(C(F)(F)F)cc5Cl)n4)cnn23)CC1. The Bertz CT molecular complexity index is 1600. The monoisotopic (exact) mass is 564 g/mol. The number of carbonyl (C=O) groups excluding carboxylic acids is 1. The van der Waals surface area contributed by atoms with Crippen molar-refractivity contribution in [1.82, 2.24) is 29.6 Å². The van der Waals surface area contributed by atoms with E-state index in [1.807, 2.05) is 20.8 Å². The number of ether oxygens (including phenoxy) is 1. The molecule has 206 valence electrons. The highest BCUT2D eigenvalue weighted by Crippen LogP contribution is 2.36. The minimum atomic E-state index is -4.55. The van der Waals surface area contributed by atoms with Crippen molar-refractivity contribution >= 4 is 23.3 Å². The number of halogens is 4. The maximum absolute atomic E-state index is 13.0. The highest BCUT2D eigenvalue weighted by atomic mass is 35.5. The van der Waals surface area contributed by atoms with Gasteiger partial charge in [0.15, 0.2) is 0 Å². The third kappa shape index (κ3) is 5.49. The van der Waals surface area contributed by atoms with Gasteiger partial charge in [-0.3, -0.25) is 4.79 Å². The van der Waals surface area contributed by atoms with E-state index in [9.17, 15) is 22.8 Å². The van der Waals surface area contributed by atoms with Crippen LogP contribution in [-0.2, 0) is 10.9 Å². The first-order chi connectivity index (χ1) is 18.3. The van der Waals surface area contributed by atoms with Gasteiger partial charge in [0.1, 0.15) is 11.2 Å². The lowest BCUT2D eigenvalue weighted by Gasteiger charge is -2.33. The molecule has 5 rings (SSSR count).